The van der Waals surface area contributed by atoms with E-state index in [0.29, 0.717) is 29.6 Å². The van der Waals surface area contributed by atoms with E-state index in [4.69, 9.17) is 28.0 Å². The second-order valence-corrected chi connectivity index (χ2v) is 8.27. The summed E-state index contributed by atoms with van der Waals surface area (Å²) < 4.78 is 0. The minimum Gasteiger partial charge on any atom is -0.390 e. The van der Waals surface area contributed by atoms with Crippen LogP contribution in [0.1, 0.15) is 36.8 Å². The molecule has 0 bridgehead atoms. The van der Waals surface area contributed by atoms with Crippen LogP contribution < -0.4 is 0 Å². The molecule has 0 saturated heterocycles. The quantitative estimate of drug-likeness (QED) is 0.639. The number of carbonyl (C=O) groups excluding carboxylic acids is 1. The van der Waals surface area contributed by atoms with Crippen molar-refractivity contribution >= 4 is 34.8 Å². The Morgan fingerprint density at radius 1 is 1.14 bits per heavy atom. The third-order valence-corrected chi connectivity index (χ3v) is 5.94. The van der Waals surface area contributed by atoms with Crippen LogP contribution in [-0.2, 0) is 16.2 Å². The van der Waals surface area contributed by atoms with Gasteiger partial charge in [-0.15, -0.1) is 0 Å². The highest BCUT2D eigenvalue weighted by Gasteiger charge is 2.33. The molecule has 1 saturated carbocycles. The molecule has 1 amide bonds. The van der Waals surface area contributed by atoms with Crippen molar-refractivity contribution in [3.8, 4) is 0 Å². The number of halogens is 2. The molecule has 1 fully saturated rings. The Balaban J connectivity index is 1.45. The zero-order valence-electron chi connectivity index (χ0n) is 15.5. The van der Waals surface area contributed by atoms with E-state index in [1.807, 2.05) is 53.4 Å². The van der Waals surface area contributed by atoms with E-state index >= 15 is 0 Å². The number of nitrogens with zero attached hydrogens (tertiary/aromatic N) is 2. The van der Waals surface area contributed by atoms with Crippen LogP contribution in [0.5, 0.6) is 0 Å². The van der Waals surface area contributed by atoms with E-state index in [1.54, 1.807) is 0 Å². The summed E-state index contributed by atoms with van der Waals surface area (Å²) in [4.78, 5) is 20.5. The first-order chi connectivity index (χ1) is 13.6. The van der Waals surface area contributed by atoms with Crippen LogP contribution in [0.3, 0.4) is 0 Å². The summed E-state index contributed by atoms with van der Waals surface area (Å²) in [6, 6.07) is 15.3. The van der Waals surface area contributed by atoms with Gasteiger partial charge in [0.2, 0.25) is 5.91 Å². The molecule has 0 aromatic heterocycles. The summed E-state index contributed by atoms with van der Waals surface area (Å²) in [6.07, 6.45) is 3.53. The maximum Gasteiger partial charge on any atom is 0.226 e. The largest absolute Gasteiger partial charge is 0.390 e. The number of carbonyl (C=O) groups is 1. The lowest BCUT2D eigenvalue weighted by Crippen LogP contribution is -2.42. The maximum absolute atomic E-state index is 13.0. The first-order valence-corrected chi connectivity index (χ1v) is 10.4. The monoisotopic (exact) mass is 416 g/mol. The van der Waals surface area contributed by atoms with E-state index in [9.17, 15) is 4.79 Å². The van der Waals surface area contributed by atoms with Crippen LogP contribution in [0.15, 0.2) is 53.7 Å². The minimum atomic E-state index is -0.172. The summed E-state index contributed by atoms with van der Waals surface area (Å²) in [6.45, 7) is 1.02. The molecule has 28 heavy (non-hydrogen) atoms. The van der Waals surface area contributed by atoms with Gasteiger partial charge in [0.15, 0.2) is 6.10 Å². The van der Waals surface area contributed by atoms with Gasteiger partial charge in [0.1, 0.15) is 0 Å². The molecule has 4 rings (SSSR count). The second-order valence-electron chi connectivity index (χ2n) is 7.43. The van der Waals surface area contributed by atoms with Crippen molar-refractivity contribution in [2.45, 2.75) is 38.3 Å². The first-order valence-electron chi connectivity index (χ1n) is 9.61. The lowest BCUT2D eigenvalue weighted by molar-refractivity contribution is -0.140. The van der Waals surface area contributed by atoms with Crippen LogP contribution >= 0.6 is 23.2 Å². The van der Waals surface area contributed by atoms with Gasteiger partial charge in [0.05, 0.1) is 12.3 Å². The van der Waals surface area contributed by atoms with Gasteiger partial charge >= 0.3 is 0 Å². The standard InChI is InChI=1S/C22H22Cl2N2O2/c23-17-8-3-5-15(11-17)13-26(22(27)16-6-4-7-16)14-18-12-21(25-28-18)19-9-1-2-10-20(19)24/h1-3,5,8-11,16,18H,4,6-7,12-14H2/t18-/m1/s1. The van der Waals surface area contributed by atoms with Crippen LogP contribution in [0.25, 0.3) is 0 Å². The summed E-state index contributed by atoms with van der Waals surface area (Å²) in [5.41, 5.74) is 2.73. The molecule has 0 unspecified atom stereocenters. The van der Waals surface area contributed by atoms with E-state index in [2.05, 4.69) is 5.16 Å². The molecule has 1 aliphatic carbocycles. The third kappa shape index (κ3) is 4.34. The molecule has 0 spiro atoms. The van der Waals surface area contributed by atoms with Crippen molar-refractivity contribution in [3.05, 3.63) is 69.7 Å². The van der Waals surface area contributed by atoms with Gasteiger partial charge in [-0.2, -0.15) is 0 Å². The fourth-order valence-corrected chi connectivity index (χ4v) is 4.09. The topological polar surface area (TPSA) is 41.9 Å². The highest BCUT2D eigenvalue weighted by molar-refractivity contribution is 6.34. The Morgan fingerprint density at radius 3 is 2.68 bits per heavy atom. The predicted octanol–water partition coefficient (Wildman–Crippen LogP) is 5.32. The Labute approximate surface area is 175 Å². The number of rotatable bonds is 6. The van der Waals surface area contributed by atoms with Gasteiger partial charge in [-0.1, -0.05) is 65.1 Å². The smallest absolute Gasteiger partial charge is 0.226 e. The van der Waals surface area contributed by atoms with Crippen molar-refractivity contribution in [1.82, 2.24) is 4.90 Å². The molecular formula is C22H22Cl2N2O2. The number of amides is 1. The molecule has 2 aliphatic rings. The SMILES string of the molecule is O=C(C1CCC1)N(Cc1cccc(Cl)c1)C[C@H]1CC(c2ccccc2Cl)=NO1. The normalized spacial score (nSPS) is 18.9. The first kappa shape index (κ1) is 19.3. The zero-order chi connectivity index (χ0) is 19.5. The minimum absolute atomic E-state index is 0.129. The van der Waals surface area contributed by atoms with Gasteiger partial charge in [-0.3, -0.25) is 4.79 Å². The van der Waals surface area contributed by atoms with E-state index < -0.39 is 0 Å². The fourth-order valence-electron chi connectivity index (χ4n) is 3.63. The van der Waals surface area contributed by atoms with Crippen molar-refractivity contribution < 1.29 is 9.63 Å². The molecule has 2 aromatic rings. The van der Waals surface area contributed by atoms with Crippen LogP contribution in [0, 0.1) is 5.92 Å². The van der Waals surface area contributed by atoms with Crippen LogP contribution in [0.4, 0.5) is 0 Å². The Kier molecular flexibility index (Phi) is 5.88. The second kappa shape index (κ2) is 8.54. The molecule has 0 radical (unpaired) electrons. The van der Waals surface area contributed by atoms with Gasteiger partial charge in [0, 0.05) is 34.5 Å². The molecule has 2 aromatic carbocycles. The lowest BCUT2D eigenvalue weighted by Gasteiger charge is -2.32. The van der Waals surface area contributed by atoms with Gasteiger partial charge in [-0.25, -0.2) is 0 Å². The van der Waals surface area contributed by atoms with E-state index in [0.717, 1.165) is 36.1 Å². The maximum atomic E-state index is 13.0. The molecule has 146 valence electrons. The Morgan fingerprint density at radius 2 is 1.96 bits per heavy atom. The molecule has 0 N–H and O–H groups in total. The van der Waals surface area contributed by atoms with Gasteiger partial charge in [-0.05, 0) is 36.6 Å². The van der Waals surface area contributed by atoms with Crippen molar-refractivity contribution in [1.29, 1.82) is 0 Å². The molecule has 1 atom stereocenters. The number of hydrogen-bond donors (Lipinski definition) is 0. The Hall–Kier alpha value is -2.04. The summed E-state index contributed by atoms with van der Waals surface area (Å²) in [5, 5.41) is 5.57. The molecule has 6 heteroatoms. The number of hydrogen-bond acceptors (Lipinski definition) is 3. The van der Waals surface area contributed by atoms with Crippen molar-refractivity contribution in [3.63, 3.8) is 0 Å². The highest BCUT2D eigenvalue weighted by atomic mass is 35.5. The number of oxime groups is 1. The third-order valence-electron chi connectivity index (χ3n) is 5.37. The van der Waals surface area contributed by atoms with E-state index in [-0.39, 0.29) is 17.9 Å². The van der Waals surface area contributed by atoms with E-state index in [1.165, 1.54) is 0 Å². The predicted molar refractivity (Wildman–Crippen MR) is 112 cm³/mol. The molecular weight excluding hydrogens is 395 g/mol. The average Bonchev–Trinajstić information content (AvgIpc) is 3.08. The van der Waals surface area contributed by atoms with Crippen molar-refractivity contribution in [2.24, 2.45) is 11.1 Å². The lowest BCUT2D eigenvalue weighted by atomic mass is 9.84. The van der Waals surface area contributed by atoms with Crippen LogP contribution in [-0.4, -0.2) is 29.2 Å². The zero-order valence-corrected chi connectivity index (χ0v) is 17.0. The molecule has 4 nitrogen and oxygen atoms in total. The fraction of sp³-hybridized carbons (Fsp3) is 0.364. The molecule has 1 aliphatic heterocycles. The van der Waals surface area contributed by atoms with Crippen molar-refractivity contribution in [2.75, 3.05) is 6.54 Å². The highest BCUT2D eigenvalue weighted by Crippen LogP contribution is 2.30. The Bertz CT molecular complexity index is 896. The summed E-state index contributed by atoms with van der Waals surface area (Å²) in [5.74, 6) is 0.325. The number of benzene rings is 2. The summed E-state index contributed by atoms with van der Waals surface area (Å²) >= 11 is 12.4. The average molecular weight is 417 g/mol. The molecule has 1 heterocycles. The van der Waals surface area contributed by atoms with Gasteiger partial charge < -0.3 is 9.74 Å². The van der Waals surface area contributed by atoms with Crippen LogP contribution in [0.2, 0.25) is 10.0 Å². The van der Waals surface area contributed by atoms with Gasteiger partial charge in [0.25, 0.3) is 0 Å². The summed E-state index contributed by atoms with van der Waals surface area (Å²) in [7, 11) is 0.